The van der Waals surface area contributed by atoms with Crippen molar-refractivity contribution >= 4 is 40.0 Å². The van der Waals surface area contributed by atoms with Crippen molar-refractivity contribution in [2.24, 2.45) is 0 Å². The van der Waals surface area contributed by atoms with Crippen LogP contribution >= 0.6 is 23.1 Å². The number of methoxy groups -OCH3 is 2. The Morgan fingerprint density at radius 2 is 2.00 bits per heavy atom. The molecule has 0 aliphatic heterocycles. The molecule has 4 rings (SSSR count). The minimum atomic E-state index is -0.396. The second-order valence-electron chi connectivity index (χ2n) is 6.90. The van der Waals surface area contributed by atoms with Gasteiger partial charge in [-0.15, -0.1) is 20.4 Å². The molecule has 2 amide bonds. The van der Waals surface area contributed by atoms with E-state index in [2.05, 4.69) is 31.0 Å². The second kappa shape index (κ2) is 11.0. The first-order valence-electron chi connectivity index (χ1n) is 10.2. The van der Waals surface area contributed by atoms with Crippen molar-refractivity contribution in [1.82, 2.24) is 30.3 Å². The number of thioether (sulfide) groups is 1. The van der Waals surface area contributed by atoms with E-state index in [1.807, 2.05) is 0 Å². The van der Waals surface area contributed by atoms with Crippen molar-refractivity contribution in [3.8, 4) is 17.2 Å². The highest BCUT2D eigenvalue weighted by atomic mass is 32.2. The third-order valence-electron chi connectivity index (χ3n) is 4.58. The van der Waals surface area contributed by atoms with Crippen LogP contribution in [0.15, 0.2) is 46.2 Å². The van der Waals surface area contributed by atoms with Crippen molar-refractivity contribution in [3.63, 3.8) is 0 Å². The van der Waals surface area contributed by atoms with Crippen LogP contribution < -0.4 is 20.1 Å². The van der Waals surface area contributed by atoms with Crippen LogP contribution in [0.3, 0.4) is 0 Å². The van der Waals surface area contributed by atoms with Gasteiger partial charge < -0.3 is 19.2 Å². The van der Waals surface area contributed by atoms with Crippen LogP contribution in [0.1, 0.15) is 21.4 Å². The number of hydrogen-bond acceptors (Lipinski definition) is 11. The van der Waals surface area contributed by atoms with E-state index in [9.17, 15) is 9.59 Å². The van der Waals surface area contributed by atoms with Crippen molar-refractivity contribution in [1.29, 1.82) is 0 Å². The van der Waals surface area contributed by atoms with Crippen LogP contribution in [0.5, 0.6) is 11.5 Å². The largest absolute Gasteiger partial charge is 0.497 e. The molecule has 182 valence electrons. The molecule has 4 aromatic rings. The molecule has 3 aromatic heterocycles. The SMILES string of the molecule is COc1ccc(-n2c(CNC(=O)c3ccco3)nnc2SCC(=O)Nc2nnc(C)s2)c(OC)c1. The predicted molar refractivity (Wildman–Crippen MR) is 128 cm³/mol. The fourth-order valence-corrected chi connectivity index (χ4v) is 4.38. The van der Waals surface area contributed by atoms with Gasteiger partial charge in [0.05, 0.1) is 38.5 Å². The molecule has 35 heavy (non-hydrogen) atoms. The average Bonchev–Trinajstić information content (AvgIpc) is 3.62. The van der Waals surface area contributed by atoms with Gasteiger partial charge in [-0.2, -0.15) is 0 Å². The van der Waals surface area contributed by atoms with Crippen LogP contribution in [0.4, 0.5) is 5.13 Å². The van der Waals surface area contributed by atoms with Gasteiger partial charge in [0.25, 0.3) is 5.91 Å². The summed E-state index contributed by atoms with van der Waals surface area (Å²) in [7, 11) is 3.09. The standard InChI is InChI=1S/C21H21N7O5S2/c1-12-24-26-20(35-12)23-18(29)11-34-21-27-25-17(10-22-19(30)15-5-4-8-33-15)28(21)14-7-6-13(31-2)9-16(14)32-3/h4-9H,10-11H2,1-3H3,(H,22,30)(H,23,26,29). The maximum atomic E-state index is 12.4. The zero-order valence-corrected chi connectivity index (χ0v) is 20.6. The minimum absolute atomic E-state index is 0.0496. The first-order chi connectivity index (χ1) is 17.0. The molecule has 0 aliphatic carbocycles. The molecule has 0 saturated carbocycles. The van der Waals surface area contributed by atoms with Gasteiger partial charge in [0.1, 0.15) is 16.5 Å². The fourth-order valence-electron chi connectivity index (χ4n) is 3.01. The maximum absolute atomic E-state index is 12.4. The lowest BCUT2D eigenvalue weighted by atomic mass is 10.2. The molecule has 0 atom stereocenters. The second-order valence-corrected chi connectivity index (χ2v) is 9.02. The summed E-state index contributed by atoms with van der Waals surface area (Å²) in [5.74, 6) is 1.09. The Balaban J connectivity index is 1.58. The number of ether oxygens (including phenoxy) is 2. The van der Waals surface area contributed by atoms with Crippen molar-refractivity contribution in [2.75, 3.05) is 25.3 Å². The number of rotatable bonds is 10. The van der Waals surface area contributed by atoms with E-state index >= 15 is 0 Å². The summed E-state index contributed by atoms with van der Waals surface area (Å²) in [4.78, 5) is 24.8. The van der Waals surface area contributed by atoms with E-state index in [-0.39, 0.29) is 24.0 Å². The summed E-state index contributed by atoms with van der Waals surface area (Å²) in [6.07, 6.45) is 1.42. The molecule has 0 spiro atoms. The van der Waals surface area contributed by atoms with Crippen LogP contribution in [-0.4, -0.2) is 56.7 Å². The molecule has 0 aliphatic rings. The summed E-state index contributed by atoms with van der Waals surface area (Å²) in [6.45, 7) is 1.86. The van der Waals surface area contributed by atoms with Crippen LogP contribution in [0, 0.1) is 6.92 Å². The van der Waals surface area contributed by atoms with E-state index < -0.39 is 5.91 Å². The molecule has 1 aromatic carbocycles. The highest BCUT2D eigenvalue weighted by Gasteiger charge is 2.21. The highest BCUT2D eigenvalue weighted by Crippen LogP contribution is 2.32. The summed E-state index contributed by atoms with van der Waals surface area (Å²) in [5.41, 5.74) is 0.614. The number of anilines is 1. The van der Waals surface area contributed by atoms with Gasteiger partial charge in [0.2, 0.25) is 11.0 Å². The Bertz CT molecular complexity index is 1320. The zero-order valence-electron chi connectivity index (χ0n) is 19.0. The van der Waals surface area contributed by atoms with Gasteiger partial charge in [0.15, 0.2) is 16.7 Å². The third-order valence-corrected chi connectivity index (χ3v) is 6.27. The lowest BCUT2D eigenvalue weighted by molar-refractivity contribution is -0.113. The van der Waals surface area contributed by atoms with Gasteiger partial charge >= 0.3 is 0 Å². The summed E-state index contributed by atoms with van der Waals surface area (Å²) in [5, 5.41) is 23.3. The molecule has 0 saturated heterocycles. The number of carbonyl (C=O) groups is 2. The molecule has 0 fully saturated rings. The Morgan fingerprint density at radius 3 is 2.69 bits per heavy atom. The van der Waals surface area contributed by atoms with E-state index in [1.165, 1.54) is 36.5 Å². The molecular formula is C21H21N7O5S2. The number of benzene rings is 1. The molecule has 0 bridgehead atoms. The third kappa shape index (κ3) is 5.78. The number of aromatic nitrogens is 5. The van der Waals surface area contributed by atoms with Gasteiger partial charge in [-0.05, 0) is 31.2 Å². The van der Waals surface area contributed by atoms with E-state index in [0.29, 0.717) is 33.3 Å². The number of amides is 2. The summed E-state index contributed by atoms with van der Waals surface area (Å²) < 4.78 is 17.7. The highest BCUT2D eigenvalue weighted by molar-refractivity contribution is 7.99. The first-order valence-corrected chi connectivity index (χ1v) is 12.0. The Hall–Kier alpha value is -3.91. The lowest BCUT2D eigenvalue weighted by Crippen LogP contribution is -2.24. The van der Waals surface area contributed by atoms with E-state index in [4.69, 9.17) is 13.9 Å². The van der Waals surface area contributed by atoms with Gasteiger partial charge in [-0.1, -0.05) is 23.1 Å². The Labute approximate surface area is 208 Å². The van der Waals surface area contributed by atoms with Crippen molar-refractivity contribution in [3.05, 3.63) is 53.2 Å². The van der Waals surface area contributed by atoms with Gasteiger partial charge in [0, 0.05) is 6.07 Å². The van der Waals surface area contributed by atoms with Gasteiger partial charge in [-0.3, -0.25) is 19.5 Å². The minimum Gasteiger partial charge on any atom is -0.497 e. The molecule has 0 unspecified atom stereocenters. The number of nitrogens with zero attached hydrogens (tertiary/aromatic N) is 5. The molecular weight excluding hydrogens is 494 g/mol. The van der Waals surface area contributed by atoms with Crippen molar-refractivity contribution in [2.45, 2.75) is 18.6 Å². The monoisotopic (exact) mass is 515 g/mol. The molecule has 3 heterocycles. The predicted octanol–water partition coefficient (Wildman–Crippen LogP) is 2.70. The van der Waals surface area contributed by atoms with E-state index in [1.54, 1.807) is 48.9 Å². The molecule has 2 N–H and O–H groups in total. The van der Waals surface area contributed by atoms with Crippen LogP contribution in [-0.2, 0) is 11.3 Å². The molecule has 12 nitrogen and oxygen atoms in total. The van der Waals surface area contributed by atoms with Crippen LogP contribution in [0.2, 0.25) is 0 Å². The molecule has 14 heteroatoms. The lowest BCUT2D eigenvalue weighted by Gasteiger charge is -2.15. The fraction of sp³-hybridized carbons (Fsp3) is 0.238. The number of nitrogens with one attached hydrogen (secondary N) is 2. The number of hydrogen-bond donors (Lipinski definition) is 2. The first kappa shape index (κ1) is 24.2. The quantitative estimate of drug-likeness (QED) is 0.302. The summed E-state index contributed by atoms with van der Waals surface area (Å²) >= 11 is 2.46. The Morgan fingerprint density at radius 1 is 1.14 bits per heavy atom. The average molecular weight is 516 g/mol. The topological polar surface area (TPSA) is 146 Å². The van der Waals surface area contributed by atoms with Crippen LogP contribution in [0.25, 0.3) is 5.69 Å². The van der Waals surface area contributed by atoms with Crippen molar-refractivity contribution < 1.29 is 23.5 Å². The number of aryl methyl sites for hydroxylation is 1. The van der Waals surface area contributed by atoms with E-state index in [0.717, 1.165) is 5.01 Å². The molecule has 0 radical (unpaired) electrons. The maximum Gasteiger partial charge on any atom is 0.287 e. The smallest absolute Gasteiger partial charge is 0.287 e. The zero-order chi connectivity index (χ0) is 24.8. The summed E-state index contributed by atoms with van der Waals surface area (Å²) in [6, 6.07) is 8.46. The normalized spacial score (nSPS) is 10.7. The Kier molecular flexibility index (Phi) is 7.62. The number of furan rings is 1. The van der Waals surface area contributed by atoms with Gasteiger partial charge in [-0.25, -0.2) is 0 Å². The number of carbonyl (C=O) groups excluding carboxylic acids is 2.